The van der Waals surface area contributed by atoms with Crippen LogP contribution in [0.25, 0.3) is 0 Å². The third kappa shape index (κ3) is 6.21. The second-order valence-corrected chi connectivity index (χ2v) is 10.4. The van der Waals surface area contributed by atoms with E-state index in [0.29, 0.717) is 0 Å². The van der Waals surface area contributed by atoms with Crippen molar-refractivity contribution >= 4 is 0 Å². The van der Waals surface area contributed by atoms with Gasteiger partial charge in [-0.3, -0.25) is 4.90 Å². The minimum atomic E-state index is 0.720. The number of hydrogen-bond donors (Lipinski definition) is 0. The van der Waals surface area contributed by atoms with Crippen LogP contribution in [0.4, 0.5) is 0 Å². The number of hydrogen-bond acceptors (Lipinski definition) is 3. The smallest absolute Gasteiger partial charge is 0.0113 e. The van der Waals surface area contributed by atoms with E-state index in [-0.39, 0.29) is 0 Å². The molecule has 2 aliphatic heterocycles. The fourth-order valence-corrected chi connectivity index (χ4v) is 5.48. The number of nitrogens with zero attached hydrogens (tertiary/aromatic N) is 3. The lowest BCUT2D eigenvalue weighted by molar-refractivity contribution is 0.103. The van der Waals surface area contributed by atoms with Crippen molar-refractivity contribution in [3.63, 3.8) is 0 Å². The average Bonchev–Trinajstić information content (AvgIpc) is 3.35. The Balaban J connectivity index is 1.26. The second kappa shape index (κ2) is 9.39. The second-order valence-electron chi connectivity index (χ2n) is 10.4. The highest BCUT2D eigenvalue weighted by atomic mass is 15.3. The summed E-state index contributed by atoms with van der Waals surface area (Å²) in [6.45, 7) is 20.1. The van der Waals surface area contributed by atoms with Crippen LogP contribution in [0, 0.1) is 17.3 Å². The van der Waals surface area contributed by atoms with Crippen molar-refractivity contribution in [3.05, 3.63) is 0 Å². The normalized spacial score (nSPS) is 26.1. The third-order valence-corrected chi connectivity index (χ3v) is 7.29. The molecule has 152 valence electrons. The van der Waals surface area contributed by atoms with Gasteiger partial charge in [-0.25, -0.2) is 0 Å². The number of likely N-dealkylation sites (tertiary alicyclic amines) is 1. The first-order valence-electron chi connectivity index (χ1n) is 11.6. The molecule has 0 N–H and O–H groups in total. The van der Waals surface area contributed by atoms with Gasteiger partial charge in [-0.1, -0.05) is 13.8 Å². The lowest BCUT2D eigenvalue weighted by Crippen LogP contribution is -2.49. The van der Waals surface area contributed by atoms with Crippen LogP contribution in [0.5, 0.6) is 0 Å². The Morgan fingerprint density at radius 1 is 0.846 bits per heavy atom. The summed E-state index contributed by atoms with van der Waals surface area (Å²) in [6.07, 6.45) is 10.2. The van der Waals surface area contributed by atoms with Crippen LogP contribution < -0.4 is 0 Å². The molecule has 3 rings (SSSR count). The van der Waals surface area contributed by atoms with Crippen molar-refractivity contribution in [1.82, 2.24) is 14.7 Å². The highest BCUT2D eigenvalue weighted by Crippen LogP contribution is 2.51. The predicted octanol–water partition coefficient (Wildman–Crippen LogP) is 4.33. The summed E-state index contributed by atoms with van der Waals surface area (Å²) in [4.78, 5) is 8.13. The van der Waals surface area contributed by atoms with Gasteiger partial charge in [-0.2, -0.15) is 0 Å². The third-order valence-electron chi connectivity index (χ3n) is 7.29. The first kappa shape index (κ1) is 20.6. The first-order valence-corrected chi connectivity index (χ1v) is 11.6. The molecule has 0 aromatic heterocycles. The van der Waals surface area contributed by atoms with Gasteiger partial charge in [0.2, 0.25) is 0 Å². The van der Waals surface area contributed by atoms with E-state index < -0.39 is 0 Å². The molecule has 1 saturated carbocycles. The largest absolute Gasteiger partial charge is 0.303 e. The van der Waals surface area contributed by atoms with Crippen molar-refractivity contribution < 1.29 is 0 Å². The Kier molecular flexibility index (Phi) is 7.44. The summed E-state index contributed by atoms with van der Waals surface area (Å²) in [5, 5.41) is 0. The summed E-state index contributed by atoms with van der Waals surface area (Å²) in [5.74, 6) is 1.88. The molecular weight excluding hydrogens is 318 g/mol. The molecule has 0 spiro atoms. The fraction of sp³-hybridized carbons (Fsp3) is 1.00. The lowest BCUT2D eigenvalue weighted by Gasteiger charge is -2.37. The van der Waals surface area contributed by atoms with E-state index in [1.807, 2.05) is 0 Å². The number of piperazine rings is 1. The van der Waals surface area contributed by atoms with Gasteiger partial charge in [-0.05, 0) is 95.7 Å². The molecule has 0 radical (unpaired) electrons. The molecule has 0 aromatic rings. The maximum Gasteiger partial charge on any atom is 0.0113 e. The minimum absolute atomic E-state index is 0.720. The predicted molar refractivity (Wildman–Crippen MR) is 113 cm³/mol. The van der Waals surface area contributed by atoms with Crippen molar-refractivity contribution in [2.75, 3.05) is 52.4 Å². The molecule has 2 saturated heterocycles. The van der Waals surface area contributed by atoms with Crippen molar-refractivity contribution in [2.45, 2.75) is 78.7 Å². The molecule has 3 aliphatic rings. The highest BCUT2D eigenvalue weighted by Gasteiger charge is 2.44. The molecule has 0 unspecified atom stereocenters. The SMILES string of the molecule is CC(C)CC1(CN2CCC(CCCN3CCN(C(C)C)CC3)CC2)CC1. The van der Waals surface area contributed by atoms with Crippen molar-refractivity contribution in [1.29, 1.82) is 0 Å². The molecule has 2 heterocycles. The zero-order valence-corrected chi connectivity index (χ0v) is 18.2. The zero-order chi connectivity index (χ0) is 18.6. The van der Waals surface area contributed by atoms with E-state index in [1.165, 1.54) is 97.3 Å². The Morgan fingerprint density at radius 3 is 2.04 bits per heavy atom. The highest BCUT2D eigenvalue weighted by molar-refractivity contribution is 4.96. The Bertz CT molecular complexity index is 400. The number of rotatable bonds is 9. The molecule has 0 aromatic carbocycles. The van der Waals surface area contributed by atoms with Crippen LogP contribution in [0.1, 0.15) is 72.6 Å². The summed E-state index contributed by atoms with van der Waals surface area (Å²) in [6, 6.07) is 0.720. The molecule has 1 aliphatic carbocycles. The Morgan fingerprint density at radius 2 is 1.50 bits per heavy atom. The zero-order valence-electron chi connectivity index (χ0n) is 18.2. The van der Waals surface area contributed by atoms with E-state index in [1.54, 1.807) is 0 Å². The quantitative estimate of drug-likeness (QED) is 0.604. The van der Waals surface area contributed by atoms with Gasteiger partial charge in [-0.15, -0.1) is 0 Å². The van der Waals surface area contributed by atoms with E-state index in [2.05, 4.69) is 42.4 Å². The molecule has 0 atom stereocenters. The van der Waals surface area contributed by atoms with Gasteiger partial charge in [0.1, 0.15) is 0 Å². The Hall–Kier alpha value is -0.120. The van der Waals surface area contributed by atoms with Crippen LogP contribution in [-0.2, 0) is 0 Å². The Labute approximate surface area is 163 Å². The lowest BCUT2D eigenvalue weighted by atomic mass is 9.89. The van der Waals surface area contributed by atoms with E-state index in [0.717, 1.165) is 23.3 Å². The van der Waals surface area contributed by atoms with Crippen LogP contribution in [0.15, 0.2) is 0 Å². The molecular formula is C23H45N3. The fourth-order valence-electron chi connectivity index (χ4n) is 5.48. The van der Waals surface area contributed by atoms with Gasteiger partial charge >= 0.3 is 0 Å². The van der Waals surface area contributed by atoms with Gasteiger partial charge in [0.15, 0.2) is 0 Å². The maximum atomic E-state index is 2.80. The molecule has 3 fully saturated rings. The van der Waals surface area contributed by atoms with Crippen LogP contribution >= 0.6 is 0 Å². The summed E-state index contributed by atoms with van der Waals surface area (Å²) >= 11 is 0. The molecule has 3 heteroatoms. The topological polar surface area (TPSA) is 9.72 Å². The van der Waals surface area contributed by atoms with Crippen molar-refractivity contribution in [3.8, 4) is 0 Å². The molecule has 0 amide bonds. The van der Waals surface area contributed by atoms with Crippen LogP contribution in [0.3, 0.4) is 0 Å². The van der Waals surface area contributed by atoms with Crippen LogP contribution in [-0.4, -0.2) is 73.1 Å². The summed E-state index contributed by atoms with van der Waals surface area (Å²) < 4.78 is 0. The van der Waals surface area contributed by atoms with Gasteiger partial charge in [0, 0.05) is 38.8 Å². The molecule has 0 bridgehead atoms. The van der Waals surface area contributed by atoms with Crippen molar-refractivity contribution in [2.24, 2.45) is 17.3 Å². The number of piperidine rings is 1. The summed E-state index contributed by atoms with van der Waals surface area (Å²) in [7, 11) is 0. The van der Waals surface area contributed by atoms with E-state index in [9.17, 15) is 0 Å². The van der Waals surface area contributed by atoms with Gasteiger partial charge < -0.3 is 9.80 Å². The monoisotopic (exact) mass is 363 g/mol. The van der Waals surface area contributed by atoms with E-state index in [4.69, 9.17) is 0 Å². The first-order chi connectivity index (χ1) is 12.5. The van der Waals surface area contributed by atoms with E-state index >= 15 is 0 Å². The average molecular weight is 364 g/mol. The van der Waals surface area contributed by atoms with Gasteiger partial charge in [0.25, 0.3) is 0 Å². The molecule has 3 nitrogen and oxygen atoms in total. The maximum absolute atomic E-state index is 2.80. The minimum Gasteiger partial charge on any atom is -0.303 e. The standard InChI is InChI=1S/C23H45N3/c1-20(2)18-23(9-10-23)19-25-12-7-22(8-13-25)6-5-11-24-14-16-26(17-15-24)21(3)4/h20-22H,5-19H2,1-4H3. The summed E-state index contributed by atoms with van der Waals surface area (Å²) in [5.41, 5.74) is 0.721. The van der Waals surface area contributed by atoms with Crippen LogP contribution in [0.2, 0.25) is 0 Å². The van der Waals surface area contributed by atoms with Gasteiger partial charge in [0.05, 0.1) is 0 Å². The molecule has 26 heavy (non-hydrogen) atoms.